The highest BCUT2D eigenvalue weighted by molar-refractivity contribution is 5.87. The molecule has 19 heavy (non-hydrogen) atoms. The predicted molar refractivity (Wildman–Crippen MR) is 72.1 cm³/mol. The first kappa shape index (κ1) is 14.3. The number of rotatable bonds is 4. The predicted octanol–water partition coefficient (Wildman–Crippen LogP) is -0.420. The normalized spacial score (nSPS) is 26.2. The zero-order valence-corrected chi connectivity index (χ0v) is 11.2. The SMILES string of the molecule is CC[C@@H](O)[C@@H](O)Cc1c[nH]c2c1N1C=NC2(O)N1.Cl. The highest BCUT2D eigenvalue weighted by Gasteiger charge is 2.47. The third kappa shape index (κ3) is 2.03. The number of aromatic amines is 1. The molecule has 0 saturated carbocycles. The fraction of sp³-hybridized carbons (Fsp3) is 0.545. The molecule has 1 unspecified atom stereocenters. The van der Waals surface area contributed by atoms with Gasteiger partial charge in [-0.05, 0) is 12.0 Å². The van der Waals surface area contributed by atoms with Gasteiger partial charge in [0.05, 0.1) is 17.9 Å². The number of nitrogens with one attached hydrogen (secondary N) is 2. The molecule has 3 atom stereocenters. The average molecular weight is 289 g/mol. The van der Waals surface area contributed by atoms with Gasteiger partial charge in [-0.25, -0.2) is 4.99 Å². The standard InChI is InChI=1S/C11H16N4O3.ClH/c1-2-7(16)8(17)3-6-4-12-10-9(6)15-5-13-11(10,18)14-15;/h4-5,7-8,12,14,16-18H,2-3H2,1H3;1H/t7-,8+,11?;/m1./s1. The van der Waals surface area contributed by atoms with Gasteiger partial charge in [0, 0.05) is 12.6 Å². The molecule has 0 saturated heterocycles. The van der Waals surface area contributed by atoms with E-state index in [9.17, 15) is 15.3 Å². The lowest BCUT2D eigenvalue weighted by Gasteiger charge is -2.17. The molecule has 1 aromatic rings. The number of hydrogen-bond donors (Lipinski definition) is 5. The summed E-state index contributed by atoms with van der Waals surface area (Å²) in [6.07, 6.45) is 2.49. The molecule has 0 fully saturated rings. The lowest BCUT2D eigenvalue weighted by Crippen LogP contribution is -2.38. The maximum atomic E-state index is 10.1. The molecule has 7 nitrogen and oxygen atoms in total. The first-order valence-corrected chi connectivity index (χ1v) is 5.97. The molecule has 5 N–H and O–H groups in total. The van der Waals surface area contributed by atoms with Crippen LogP contribution in [0.5, 0.6) is 0 Å². The minimum atomic E-state index is -1.41. The van der Waals surface area contributed by atoms with Gasteiger partial charge in [-0.1, -0.05) is 6.92 Å². The molecule has 8 heteroatoms. The minimum Gasteiger partial charge on any atom is -0.390 e. The number of H-pyrrole nitrogens is 1. The van der Waals surface area contributed by atoms with Crippen molar-refractivity contribution < 1.29 is 15.3 Å². The number of anilines is 1. The van der Waals surface area contributed by atoms with E-state index in [0.717, 1.165) is 11.3 Å². The van der Waals surface area contributed by atoms with Crippen molar-refractivity contribution >= 4 is 24.4 Å². The summed E-state index contributed by atoms with van der Waals surface area (Å²) in [5.74, 6) is -1.41. The summed E-state index contributed by atoms with van der Waals surface area (Å²) in [6.45, 7) is 1.82. The summed E-state index contributed by atoms with van der Waals surface area (Å²) < 4.78 is 0. The molecular formula is C11H17ClN4O3. The molecule has 2 aliphatic rings. The summed E-state index contributed by atoms with van der Waals surface area (Å²) in [4.78, 5) is 6.88. The van der Waals surface area contributed by atoms with Crippen LogP contribution in [-0.2, 0) is 12.3 Å². The second kappa shape index (κ2) is 4.77. The van der Waals surface area contributed by atoms with Crippen LogP contribution >= 0.6 is 12.4 Å². The van der Waals surface area contributed by atoms with Crippen molar-refractivity contribution in [3.8, 4) is 0 Å². The van der Waals surface area contributed by atoms with Crippen LogP contribution in [0, 0.1) is 0 Å². The van der Waals surface area contributed by atoms with Crippen LogP contribution in [0.25, 0.3) is 0 Å². The zero-order valence-electron chi connectivity index (χ0n) is 10.4. The second-order valence-electron chi connectivity index (χ2n) is 4.68. The van der Waals surface area contributed by atoms with Gasteiger partial charge >= 0.3 is 0 Å². The summed E-state index contributed by atoms with van der Waals surface area (Å²) in [7, 11) is 0. The fourth-order valence-corrected chi connectivity index (χ4v) is 2.39. The Morgan fingerprint density at radius 1 is 1.42 bits per heavy atom. The average Bonchev–Trinajstić information content (AvgIpc) is 2.99. The van der Waals surface area contributed by atoms with E-state index < -0.39 is 18.1 Å². The Balaban J connectivity index is 0.00000133. The molecule has 0 aliphatic carbocycles. The van der Waals surface area contributed by atoms with Crippen LogP contribution in [0.4, 0.5) is 5.69 Å². The van der Waals surface area contributed by atoms with E-state index in [1.165, 1.54) is 6.34 Å². The Morgan fingerprint density at radius 2 is 2.16 bits per heavy atom. The largest absolute Gasteiger partial charge is 0.390 e. The van der Waals surface area contributed by atoms with Crippen molar-refractivity contribution in [3.63, 3.8) is 0 Å². The van der Waals surface area contributed by atoms with Crippen molar-refractivity contribution in [2.24, 2.45) is 4.99 Å². The lowest BCUT2D eigenvalue weighted by molar-refractivity contribution is 0.0182. The Bertz CT molecular complexity index is 506. The third-order valence-corrected chi connectivity index (χ3v) is 3.45. The van der Waals surface area contributed by atoms with E-state index >= 15 is 0 Å². The number of fused-ring (bicyclic) bond motifs is 5. The number of aliphatic hydroxyl groups is 3. The number of nitrogens with zero attached hydrogens (tertiary/aromatic N) is 2. The molecule has 0 amide bonds. The fourth-order valence-electron chi connectivity index (χ4n) is 2.39. The van der Waals surface area contributed by atoms with Crippen molar-refractivity contribution in [1.29, 1.82) is 0 Å². The smallest absolute Gasteiger partial charge is 0.277 e. The number of aliphatic imine (C=N–C) groups is 1. The first-order valence-electron chi connectivity index (χ1n) is 5.97. The van der Waals surface area contributed by atoms with Crippen LogP contribution in [0.1, 0.15) is 24.6 Å². The van der Waals surface area contributed by atoms with E-state index in [1.54, 1.807) is 11.2 Å². The maximum Gasteiger partial charge on any atom is 0.277 e. The Labute approximate surface area is 116 Å². The third-order valence-electron chi connectivity index (χ3n) is 3.45. The molecule has 1 aromatic heterocycles. The molecule has 3 rings (SSSR count). The molecular weight excluding hydrogens is 272 g/mol. The summed E-state index contributed by atoms with van der Waals surface area (Å²) in [5, 5.41) is 31.2. The Hall–Kier alpha value is -1.12. The monoisotopic (exact) mass is 288 g/mol. The van der Waals surface area contributed by atoms with Crippen molar-refractivity contribution in [3.05, 3.63) is 17.5 Å². The van der Waals surface area contributed by atoms with Crippen LogP contribution in [0.2, 0.25) is 0 Å². The van der Waals surface area contributed by atoms with E-state index in [1.807, 2.05) is 6.92 Å². The number of aromatic nitrogens is 1. The van der Waals surface area contributed by atoms with Crippen LogP contribution in [-0.4, -0.2) is 38.9 Å². The molecule has 2 aliphatic heterocycles. The quantitative estimate of drug-likeness (QED) is 0.518. The molecule has 3 heterocycles. The van der Waals surface area contributed by atoms with Gasteiger partial charge in [-0.3, -0.25) is 5.01 Å². The topological polar surface area (TPSA) is 104 Å². The van der Waals surface area contributed by atoms with E-state index in [4.69, 9.17) is 0 Å². The van der Waals surface area contributed by atoms with Crippen LogP contribution in [0.3, 0.4) is 0 Å². The van der Waals surface area contributed by atoms with Gasteiger partial charge in [0.15, 0.2) is 0 Å². The number of aliphatic hydroxyl groups excluding tert-OH is 2. The van der Waals surface area contributed by atoms with Gasteiger partial charge in [-0.15, -0.1) is 12.4 Å². The zero-order chi connectivity index (χ0) is 12.9. The minimum absolute atomic E-state index is 0. The lowest BCUT2D eigenvalue weighted by atomic mass is 10.0. The second-order valence-corrected chi connectivity index (χ2v) is 4.68. The van der Waals surface area contributed by atoms with Crippen molar-refractivity contribution in [2.75, 3.05) is 5.01 Å². The van der Waals surface area contributed by atoms with Crippen molar-refractivity contribution in [1.82, 2.24) is 10.4 Å². The van der Waals surface area contributed by atoms with E-state index in [2.05, 4.69) is 15.4 Å². The molecule has 0 radical (unpaired) electrons. The number of hydrazine groups is 1. The molecule has 2 bridgehead atoms. The highest BCUT2D eigenvalue weighted by atomic mass is 35.5. The van der Waals surface area contributed by atoms with Crippen molar-refractivity contribution in [2.45, 2.75) is 37.8 Å². The van der Waals surface area contributed by atoms with Gasteiger partial charge in [0.1, 0.15) is 12.0 Å². The molecule has 0 aromatic carbocycles. The summed E-state index contributed by atoms with van der Waals surface area (Å²) >= 11 is 0. The maximum absolute atomic E-state index is 10.1. The number of hydrogen-bond acceptors (Lipinski definition) is 6. The highest BCUT2D eigenvalue weighted by Crippen LogP contribution is 2.41. The van der Waals surface area contributed by atoms with E-state index in [-0.39, 0.29) is 12.4 Å². The van der Waals surface area contributed by atoms with Gasteiger partial charge in [-0.2, -0.15) is 5.43 Å². The molecule has 106 valence electrons. The van der Waals surface area contributed by atoms with Gasteiger partial charge in [0.2, 0.25) is 0 Å². The number of halogens is 1. The first-order chi connectivity index (χ1) is 8.55. The summed E-state index contributed by atoms with van der Waals surface area (Å²) in [6, 6.07) is 0. The Morgan fingerprint density at radius 3 is 2.84 bits per heavy atom. The van der Waals surface area contributed by atoms with Crippen LogP contribution < -0.4 is 10.4 Å². The Kier molecular flexibility index (Phi) is 3.59. The van der Waals surface area contributed by atoms with Crippen LogP contribution in [0.15, 0.2) is 11.2 Å². The van der Waals surface area contributed by atoms with Gasteiger partial charge in [0.25, 0.3) is 5.85 Å². The van der Waals surface area contributed by atoms with Gasteiger partial charge < -0.3 is 20.3 Å². The van der Waals surface area contributed by atoms with E-state index in [0.29, 0.717) is 18.5 Å². The summed E-state index contributed by atoms with van der Waals surface area (Å²) in [5.41, 5.74) is 4.97. The molecule has 0 spiro atoms.